The molecule has 14 heteroatoms. The van der Waals surface area contributed by atoms with Gasteiger partial charge in [0, 0.05) is 22.3 Å². The molecular weight excluding hydrogens is 893 g/mol. The highest BCUT2D eigenvalue weighted by molar-refractivity contribution is 6.03. The summed E-state index contributed by atoms with van der Waals surface area (Å²) in [6.45, 7) is 18.2. The Kier molecular flexibility index (Phi) is 15.7. The molecule has 0 radical (unpaired) electrons. The number of benzene rings is 5. The van der Waals surface area contributed by atoms with Gasteiger partial charge in [0.05, 0.1) is 11.1 Å². The third-order valence-electron chi connectivity index (χ3n) is 11.7. The second-order valence-electron chi connectivity index (χ2n) is 20.7. The number of carbonyl (C=O) groups excluding carboxylic acids is 6. The molecule has 0 aliphatic carbocycles. The largest absolute Gasteiger partial charge is 0.436 e. The maximum absolute atomic E-state index is 13.9. The lowest BCUT2D eigenvalue weighted by Gasteiger charge is -2.32. The molecule has 0 aliphatic heterocycles. The molecule has 5 aromatic rings. The zero-order valence-electron chi connectivity index (χ0n) is 41.8. The zero-order valence-corrected chi connectivity index (χ0v) is 41.8. The number of amides is 2. The van der Waals surface area contributed by atoms with Crippen LogP contribution in [0.2, 0.25) is 0 Å². The van der Waals surface area contributed by atoms with E-state index in [0.717, 1.165) is 0 Å². The average Bonchev–Trinajstić information content (AvgIpc) is 3.28. The normalized spacial score (nSPS) is 12.6. The summed E-state index contributed by atoms with van der Waals surface area (Å²) in [4.78, 5) is 79.1. The van der Waals surface area contributed by atoms with Gasteiger partial charge in [0.15, 0.2) is 35.3 Å². The fraction of sp³-hybridized carbons (Fsp3) is 0.357. The van der Waals surface area contributed by atoms with Gasteiger partial charge in [-0.25, -0.2) is 9.59 Å². The van der Waals surface area contributed by atoms with Crippen LogP contribution in [-0.2, 0) is 20.6 Å². The molecule has 5 rings (SSSR count). The maximum Gasteiger partial charge on any atom is 0.408 e. The molecule has 0 aliphatic rings. The molecule has 0 aromatic heterocycles. The first-order chi connectivity index (χ1) is 32.2. The highest BCUT2D eigenvalue weighted by Gasteiger charge is 2.33. The molecule has 0 bridgehead atoms. The molecule has 0 unspecified atom stereocenters. The minimum atomic E-state index is -1.62. The lowest BCUT2D eigenvalue weighted by Crippen LogP contribution is -2.43. The second-order valence-corrected chi connectivity index (χ2v) is 20.7. The topological polar surface area (TPSA) is 226 Å². The molecule has 70 heavy (non-hydrogen) atoms. The first kappa shape index (κ1) is 54.1. The molecule has 6 N–H and O–H groups in total. The highest BCUT2D eigenvalue weighted by atomic mass is 16.6. The van der Waals surface area contributed by atoms with Crippen molar-refractivity contribution in [3.63, 3.8) is 0 Å². The Balaban J connectivity index is 1.38. The van der Waals surface area contributed by atoms with E-state index in [9.17, 15) is 49.2 Å². The van der Waals surface area contributed by atoms with Crippen LogP contribution in [0.5, 0.6) is 0 Å². The summed E-state index contributed by atoms with van der Waals surface area (Å²) in [7, 11) is 0. The molecule has 0 atom stereocenters. The minimum absolute atomic E-state index is 0.247. The number of Topliss-reactive ketones (excluding diaryl/α,β-unsaturated/α-hetero) is 4. The average molecular weight is 957 g/mol. The van der Waals surface area contributed by atoms with E-state index in [1.807, 2.05) is 6.07 Å². The van der Waals surface area contributed by atoms with E-state index in [1.54, 1.807) is 94.4 Å². The van der Waals surface area contributed by atoms with Crippen LogP contribution in [0.3, 0.4) is 0 Å². The Labute approximate surface area is 409 Å². The first-order valence-electron chi connectivity index (χ1n) is 22.8. The van der Waals surface area contributed by atoms with Crippen LogP contribution >= 0.6 is 0 Å². The predicted molar refractivity (Wildman–Crippen MR) is 264 cm³/mol. The van der Waals surface area contributed by atoms with Crippen molar-refractivity contribution in [1.82, 2.24) is 10.6 Å². The van der Waals surface area contributed by atoms with E-state index in [2.05, 4.69) is 10.6 Å². The Bertz CT molecular complexity index is 2400. The van der Waals surface area contributed by atoms with E-state index < -0.39 is 81.0 Å². The van der Waals surface area contributed by atoms with Gasteiger partial charge >= 0.3 is 12.2 Å². The summed E-state index contributed by atoms with van der Waals surface area (Å²) in [5.74, 6) is -1.99. The molecule has 0 spiro atoms. The van der Waals surface area contributed by atoms with Crippen LogP contribution in [0.4, 0.5) is 9.59 Å². The van der Waals surface area contributed by atoms with Crippen molar-refractivity contribution in [2.75, 3.05) is 0 Å². The summed E-state index contributed by atoms with van der Waals surface area (Å²) in [5, 5.41) is 47.1. The molecule has 14 nitrogen and oxygen atoms in total. The number of hydrogen-bond donors (Lipinski definition) is 6. The van der Waals surface area contributed by atoms with Crippen LogP contribution in [0.15, 0.2) is 121 Å². The summed E-state index contributed by atoms with van der Waals surface area (Å²) in [6, 6.07) is 32.3. The third-order valence-corrected chi connectivity index (χ3v) is 11.7. The van der Waals surface area contributed by atoms with Gasteiger partial charge in [-0.3, -0.25) is 19.2 Å². The molecule has 0 saturated heterocycles. The van der Waals surface area contributed by atoms with Gasteiger partial charge in [0.2, 0.25) is 0 Å². The van der Waals surface area contributed by atoms with Crippen molar-refractivity contribution in [1.29, 1.82) is 0 Å². The molecule has 5 aromatic carbocycles. The van der Waals surface area contributed by atoms with Gasteiger partial charge in [-0.1, -0.05) is 121 Å². The summed E-state index contributed by atoms with van der Waals surface area (Å²) >= 11 is 0. The predicted octanol–water partition coefficient (Wildman–Crippen LogP) is 9.00. The number of carbonyl (C=O) groups is 6. The van der Waals surface area contributed by atoms with Crippen LogP contribution in [0.25, 0.3) is 0 Å². The molecule has 370 valence electrons. The van der Waals surface area contributed by atoms with Crippen LogP contribution in [0.1, 0.15) is 170 Å². The number of alkyl carbamates (subject to hydrolysis) is 2. The monoisotopic (exact) mass is 956 g/mol. The van der Waals surface area contributed by atoms with Crippen molar-refractivity contribution in [2.45, 2.75) is 129 Å². The molecule has 0 saturated carbocycles. The quantitative estimate of drug-likeness (QED) is 0.0453. The minimum Gasteiger partial charge on any atom is -0.436 e. The SMILES string of the molecule is CC(C)(O)C(=O)c1ccc(C(OC(=O)NC(C)(C)c2cccc(C(C)(C)NC(=O)OC(c3ccc(C(=O)C(C)(C)O)cc3)c3ccc(C(=O)C(C)(C)O)cc3)c2)c2ccc(C(=O)C(C)(C)O)cc2)cc1. The fourth-order valence-corrected chi connectivity index (χ4v) is 7.53. The lowest BCUT2D eigenvalue weighted by atomic mass is 9.87. The van der Waals surface area contributed by atoms with Gasteiger partial charge in [0.25, 0.3) is 0 Å². The van der Waals surface area contributed by atoms with Gasteiger partial charge in [-0.2, -0.15) is 0 Å². The first-order valence-corrected chi connectivity index (χ1v) is 22.8. The van der Waals surface area contributed by atoms with Gasteiger partial charge in [-0.05, 0) is 116 Å². The Morgan fingerprint density at radius 3 is 0.786 bits per heavy atom. The van der Waals surface area contributed by atoms with E-state index in [4.69, 9.17) is 9.47 Å². The number of ether oxygens (including phenoxy) is 2. The van der Waals surface area contributed by atoms with E-state index in [-0.39, 0.29) is 22.3 Å². The molecule has 0 heterocycles. The zero-order chi connectivity index (χ0) is 52.4. The van der Waals surface area contributed by atoms with Crippen LogP contribution in [0, 0.1) is 0 Å². The lowest BCUT2D eigenvalue weighted by molar-refractivity contribution is 0.0487. The fourth-order valence-electron chi connectivity index (χ4n) is 7.53. The molecular formula is C56H64N2O12. The molecule has 0 fully saturated rings. The van der Waals surface area contributed by atoms with E-state index in [0.29, 0.717) is 33.4 Å². The van der Waals surface area contributed by atoms with Crippen LogP contribution in [-0.4, -0.2) is 78.1 Å². The van der Waals surface area contributed by atoms with Crippen molar-refractivity contribution in [3.8, 4) is 0 Å². The Hall–Kier alpha value is -6.84. The number of hydrogen-bond acceptors (Lipinski definition) is 12. The number of nitrogens with one attached hydrogen (secondary N) is 2. The van der Waals surface area contributed by atoms with Crippen LogP contribution < -0.4 is 10.6 Å². The Morgan fingerprint density at radius 2 is 0.586 bits per heavy atom. The van der Waals surface area contributed by atoms with Gasteiger partial charge < -0.3 is 40.5 Å². The maximum atomic E-state index is 13.9. The van der Waals surface area contributed by atoms with E-state index in [1.165, 1.54) is 104 Å². The summed E-state index contributed by atoms with van der Waals surface area (Å²) in [6.07, 6.45) is -3.68. The van der Waals surface area contributed by atoms with E-state index >= 15 is 0 Å². The molecule has 2 amide bonds. The summed E-state index contributed by atoms with van der Waals surface area (Å²) < 4.78 is 12.2. The Morgan fingerprint density at radius 1 is 0.371 bits per heavy atom. The van der Waals surface area contributed by atoms with Crippen molar-refractivity contribution >= 4 is 35.3 Å². The van der Waals surface area contributed by atoms with Gasteiger partial charge in [0.1, 0.15) is 22.4 Å². The standard InChI is InChI=1S/C56H64N2O12/c1-51(2,57-49(63)69-43(33-16-24-37(25-17-33)45(59)53(5,6)65)34-18-26-38(27-19-34)46(60)54(7,8)66)41-14-13-15-42(32-41)52(3,4)58-50(64)70-44(35-20-28-39(29-21-35)47(61)55(9,10)67)36-22-30-40(31-23-36)48(62)56(11,12)68/h13-32,43-44,65-68H,1-12H3,(H,57,63)(H,58,64). The van der Waals surface area contributed by atoms with Crippen molar-refractivity contribution in [2.24, 2.45) is 0 Å². The van der Waals surface area contributed by atoms with Crippen molar-refractivity contribution < 1.29 is 58.7 Å². The number of aliphatic hydroxyl groups is 4. The van der Waals surface area contributed by atoms with Gasteiger partial charge in [-0.15, -0.1) is 0 Å². The number of rotatable bonds is 18. The third kappa shape index (κ3) is 13.3. The summed E-state index contributed by atoms with van der Waals surface area (Å²) in [5.41, 5.74) is -4.37. The second kappa shape index (κ2) is 20.2. The number of ketones is 4. The highest BCUT2D eigenvalue weighted by Crippen LogP contribution is 2.33. The smallest absolute Gasteiger partial charge is 0.408 e. The van der Waals surface area contributed by atoms with Crippen molar-refractivity contribution in [3.05, 3.63) is 177 Å².